The van der Waals surface area contributed by atoms with Crippen LogP contribution in [-0.4, -0.2) is 24.9 Å². The Balaban J connectivity index is 1.83. The molecule has 0 bridgehead atoms. The zero-order valence-electron chi connectivity index (χ0n) is 12.5. The predicted molar refractivity (Wildman–Crippen MR) is 82.7 cm³/mol. The number of aliphatic imine (C=N–C) groups is 1. The molecule has 0 N–H and O–H groups in total. The molecule has 23 heavy (non-hydrogen) atoms. The number of hydrogen-bond donors (Lipinski definition) is 0. The minimum absolute atomic E-state index is 0.199. The number of methoxy groups -OCH3 is 1. The second-order valence-corrected chi connectivity index (χ2v) is 4.82. The molecule has 1 aliphatic rings. The Hall–Kier alpha value is -3.15. The molecule has 0 atom stereocenters. The average Bonchev–Trinajstić information content (AvgIpc) is 3.14. The Labute approximate surface area is 132 Å². The number of esters is 2. The van der Waals surface area contributed by atoms with E-state index in [1.807, 2.05) is 0 Å². The van der Waals surface area contributed by atoms with Crippen LogP contribution < -0.4 is 0 Å². The van der Waals surface area contributed by atoms with Crippen LogP contribution in [0.2, 0.25) is 0 Å². The van der Waals surface area contributed by atoms with Crippen molar-refractivity contribution >= 4 is 23.9 Å². The van der Waals surface area contributed by atoms with Crippen LogP contribution in [0.3, 0.4) is 0 Å². The van der Waals surface area contributed by atoms with Crippen molar-refractivity contribution in [2.75, 3.05) is 7.11 Å². The lowest BCUT2D eigenvalue weighted by Gasteiger charge is -2.00. The van der Waals surface area contributed by atoms with E-state index in [4.69, 9.17) is 9.15 Å². The molecule has 0 amide bonds. The molecule has 2 heterocycles. The summed E-state index contributed by atoms with van der Waals surface area (Å²) in [6.07, 6.45) is 1.52. The molecule has 0 fully saturated rings. The highest BCUT2D eigenvalue weighted by Gasteiger charge is 2.20. The van der Waals surface area contributed by atoms with Crippen molar-refractivity contribution in [2.45, 2.75) is 6.92 Å². The first-order valence-corrected chi connectivity index (χ1v) is 6.84. The monoisotopic (exact) mass is 311 g/mol. The maximum absolute atomic E-state index is 11.5. The number of ether oxygens (including phenoxy) is 2. The van der Waals surface area contributed by atoms with Gasteiger partial charge in [0.05, 0.1) is 12.7 Å². The van der Waals surface area contributed by atoms with Crippen LogP contribution >= 0.6 is 0 Å². The van der Waals surface area contributed by atoms with Crippen molar-refractivity contribution in [3.8, 4) is 11.3 Å². The van der Waals surface area contributed by atoms with E-state index >= 15 is 0 Å². The van der Waals surface area contributed by atoms with Gasteiger partial charge in [0, 0.05) is 18.6 Å². The van der Waals surface area contributed by atoms with Crippen molar-refractivity contribution in [1.29, 1.82) is 0 Å². The van der Waals surface area contributed by atoms with E-state index in [0.717, 1.165) is 5.56 Å². The van der Waals surface area contributed by atoms with E-state index in [9.17, 15) is 9.59 Å². The SMILES string of the molecule is COC(=O)c1ccc(-c2ccc(C=C3N=C(C)OC3=O)o2)cc1. The maximum atomic E-state index is 11.5. The van der Waals surface area contributed by atoms with Gasteiger partial charge in [-0.15, -0.1) is 0 Å². The van der Waals surface area contributed by atoms with Crippen molar-refractivity contribution in [3.63, 3.8) is 0 Å². The molecule has 0 spiro atoms. The Kier molecular flexibility index (Phi) is 3.80. The fourth-order valence-corrected chi connectivity index (χ4v) is 2.12. The first-order chi connectivity index (χ1) is 11.1. The topological polar surface area (TPSA) is 78.1 Å². The number of rotatable bonds is 3. The highest BCUT2D eigenvalue weighted by Crippen LogP contribution is 2.25. The molecule has 3 rings (SSSR count). The van der Waals surface area contributed by atoms with E-state index in [2.05, 4.69) is 9.73 Å². The van der Waals surface area contributed by atoms with Crippen LogP contribution in [-0.2, 0) is 14.3 Å². The molecular formula is C17H13NO5. The number of carbonyl (C=O) groups excluding carboxylic acids is 2. The largest absolute Gasteiger partial charge is 0.465 e. The molecule has 0 saturated carbocycles. The van der Waals surface area contributed by atoms with Crippen molar-refractivity contribution < 1.29 is 23.5 Å². The zero-order valence-corrected chi connectivity index (χ0v) is 12.5. The van der Waals surface area contributed by atoms with Crippen LogP contribution in [0, 0.1) is 0 Å². The lowest BCUT2D eigenvalue weighted by atomic mass is 10.1. The van der Waals surface area contributed by atoms with Crippen LogP contribution in [0.25, 0.3) is 17.4 Å². The molecule has 0 radical (unpaired) electrons. The summed E-state index contributed by atoms with van der Waals surface area (Å²) < 4.78 is 15.2. The quantitative estimate of drug-likeness (QED) is 0.643. The van der Waals surface area contributed by atoms with Gasteiger partial charge in [0.15, 0.2) is 11.6 Å². The summed E-state index contributed by atoms with van der Waals surface area (Å²) in [5, 5.41) is 0. The van der Waals surface area contributed by atoms with Crippen LogP contribution in [0.5, 0.6) is 0 Å². The smallest absolute Gasteiger partial charge is 0.363 e. The summed E-state index contributed by atoms with van der Waals surface area (Å²) in [4.78, 5) is 26.9. The van der Waals surface area contributed by atoms with Gasteiger partial charge < -0.3 is 13.9 Å². The van der Waals surface area contributed by atoms with Gasteiger partial charge in [-0.2, -0.15) is 0 Å². The Morgan fingerprint density at radius 2 is 1.91 bits per heavy atom. The molecule has 116 valence electrons. The molecule has 6 heteroatoms. The normalized spacial score (nSPS) is 15.5. The van der Waals surface area contributed by atoms with Gasteiger partial charge in [-0.3, -0.25) is 0 Å². The van der Waals surface area contributed by atoms with Gasteiger partial charge in [-0.05, 0) is 24.3 Å². The van der Waals surface area contributed by atoms with Gasteiger partial charge in [0.25, 0.3) is 0 Å². The van der Waals surface area contributed by atoms with Gasteiger partial charge in [-0.25, -0.2) is 14.6 Å². The van der Waals surface area contributed by atoms with E-state index in [0.29, 0.717) is 23.0 Å². The van der Waals surface area contributed by atoms with Crippen molar-refractivity contribution in [3.05, 3.63) is 53.4 Å². The summed E-state index contributed by atoms with van der Waals surface area (Å²) in [6.45, 7) is 1.61. The molecule has 1 aromatic carbocycles. The van der Waals surface area contributed by atoms with Crippen LogP contribution in [0.15, 0.2) is 51.5 Å². The van der Waals surface area contributed by atoms with Gasteiger partial charge >= 0.3 is 11.9 Å². The van der Waals surface area contributed by atoms with Gasteiger partial charge in [-0.1, -0.05) is 12.1 Å². The molecule has 0 saturated heterocycles. The lowest BCUT2D eigenvalue weighted by molar-refractivity contribution is -0.130. The van der Waals surface area contributed by atoms with Crippen molar-refractivity contribution in [2.24, 2.45) is 4.99 Å². The van der Waals surface area contributed by atoms with Gasteiger partial charge in [0.1, 0.15) is 11.5 Å². The molecule has 1 aliphatic heterocycles. The molecular weight excluding hydrogens is 298 g/mol. The standard InChI is InChI=1S/C17H13NO5/c1-10-18-14(17(20)22-10)9-13-7-8-15(23-13)11-3-5-12(6-4-11)16(19)21-2/h3-9H,1-2H3. The third-order valence-electron chi connectivity index (χ3n) is 3.22. The fourth-order valence-electron chi connectivity index (χ4n) is 2.12. The van der Waals surface area contributed by atoms with E-state index < -0.39 is 11.9 Å². The van der Waals surface area contributed by atoms with Crippen LogP contribution in [0.1, 0.15) is 23.0 Å². The number of carbonyl (C=O) groups is 2. The van der Waals surface area contributed by atoms with E-state index in [1.54, 1.807) is 43.3 Å². The molecule has 2 aromatic rings. The van der Waals surface area contributed by atoms with Crippen molar-refractivity contribution in [1.82, 2.24) is 0 Å². The summed E-state index contributed by atoms with van der Waals surface area (Å²) in [5.41, 5.74) is 1.46. The second kappa shape index (κ2) is 5.92. The summed E-state index contributed by atoms with van der Waals surface area (Å²) >= 11 is 0. The molecule has 6 nitrogen and oxygen atoms in total. The van der Waals surface area contributed by atoms with Crippen LogP contribution in [0.4, 0.5) is 0 Å². The third-order valence-corrected chi connectivity index (χ3v) is 3.22. The minimum Gasteiger partial charge on any atom is -0.465 e. The number of benzene rings is 1. The number of hydrogen-bond acceptors (Lipinski definition) is 6. The highest BCUT2D eigenvalue weighted by molar-refractivity contribution is 6.06. The number of furan rings is 1. The Morgan fingerprint density at radius 1 is 1.17 bits per heavy atom. The Morgan fingerprint density at radius 3 is 2.52 bits per heavy atom. The van der Waals surface area contributed by atoms with E-state index in [-0.39, 0.29) is 5.70 Å². The maximum Gasteiger partial charge on any atom is 0.363 e. The number of nitrogens with zero attached hydrogens (tertiary/aromatic N) is 1. The first kappa shape index (κ1) is 14.8. The fraction of sp³-hybridized carbons (Fsp3) is 0.118. The molecule has 0 unspecified atom stereocenters. The third kappa shape index (κ3) is 3.06. The average molecular weight is 311 g/mol. The second-order valence-electron chi connectivity index (χ2n) is 4.82. The predicted octanol–water partition coefficient (Wildman–Crippen LogP) is 3.05. The first-order valence-electron chi connectivity index (χ1n) is 6.84. The molecule has 1 aromatic heterocycles. The highest BCUT2D eigenvalue weighted by atomic mass is 16.6. The number of cyclic esters (lactones) is 1. The lowest BCUT2D eigenvalue weighted by Crippen LogP contribution is -2.00. The summed E-state index contributed by atoms with van der Waals surface area (Å²) in [5.74, 6) is 0.520. The summed E-state index contributed by atoms with van der Waals surface area (Å²) in [7, 11) is 1.33. The molecule has 0 aliphatic carbocycles. The van der Waals surface area contributed by atoms with E-state index in [1.165, 1.54) is 13.2 Å². The summed E-state index contributed by atoms with van der Waals surface area (Å²) in [6, 6.07) is 10.3. The Bertz CT molecular complexity index is 827. The zero-order chi connectivity index (χ0) is 16.4. The van der Waals surface area contributed by atoms with Gasteiger partial charge in [0.2, 0.25) is 0 Å². The minimum atomic E-state index is -0.497.